The number of halogens is 1. The fraction of sp³-hybridized carbons (Fsp3) is 0.400. The summed E-state index contributed by atoms with van der Waals surface area (Å²) in [5.74, 6) is 1.43. The zero-order chi connectivity index (χ0) is 14.7. The standard InChI is InChI=1S/C15H18ClNO3/c1-9(2)10(3)17-14(18)5-4-11-6-12(16)15-13(7-11)19-8-20-15/h4-7,9-10H,8H2,1-3H3,(H,17,18)/b5-4+. The predicted octanol–water partition coefficient (Wildman–Crippen LogP) is 3.24. The predicted molar refractivity (Wildman–Crippen MR) is 79.1 cm³/mol. The second-order valence-corrected chi connectivity index (χ2v) is 5.52. The fourth-order valence-electron chi connectivity index (χ4n) is 1.69. The normalized spacial score (nSPS) is 14.8. The average molecular weight is 296 g/mol. The van der Waals surface area contributed by atoms with Crippen molar-refractivity contribution in [2.45, 2.75) is 26.8 Å². The van der Waals surface area contributed by atoms with E-state index >= 15 is 0 Å². The average Bonchev–Trinajstić information content (AvgIpc) is 2.85. The topological polar surface area (TPSA) is 47.6 Å². The molecule has 0 fully saturated rings. The lowest BCUT2D eigenvalue weighted by atomic mass is 10.1. The van der Waals surface area contributed by atoms with Crippen LogP contribution in [0.25, 0.3) is 6.08 Å². The van der Waals surface area contributed by atoms with Gasteiger partial charge in [-0.1, -0.05) is 25.4 Å². The summed E-state index contributed by atoms with van der Waals surface area (Å²) in [6.07, 6.45) is 3.20. The van der Waals surface area contributed by atoms with E-state index in [1.807, 2.05) is 6.92 Å². The van der Waals surface area contributed by atoms with Gasteiger partial charge < -0.3 is 14.8 Å². The van der Waals surface area contributed by atoms with Crippen LogP contribution in [0, 0.1) is 5.92 Å². The molecule has 1 unspecified atom stereocenters. The van der Waals surface area contributed by atoms with Gasteiger partial charge in [-0.25, -0.2) is 0 Å². The minimum absolute atomic E-state index is 0.125. The first-order valence-corrected chi connectivity index (χ1v) is 6.93. The second kappa shape index (κ2) is 6.18. The number of hydrogen-bond acceptors (Lipinski definition) is 3. The lowest BCUT2D eigenvalue weighted by molar-refractivity contribution is -0.117. The number of rotatable bonds is 4. The van der Waals surface area contributed by atoms with Gasteiger partial charge >= 0.3 is 0 Å². The van der Waals surface area contributed by atoms with Gasteiger partial charge in [0, 0.05) is 12.1 Å². The molecule has 0 saturated heterocycles. The fourth-order valence-corrected chi connectivity index (χ4v) is 1.97. The largest absolute Gasteiger partial charge is 0.454 e. The third-order valence-electron chi connectivity index (χ3n) is 3.25. The third-order valence-corrected chi connectivity index (χ3v) is 3.53. The number of benzene rings is 1. The molecule has 1 amide bonds. The van der Waals surface area contributed by atoms with Crippen molar-refractivity contribution < 1.29 is 14.3 Å². The Morgan fingerprint density at radius 2 is 2.10 bits per heavy atom. The summed E-state index contributed by atoms with van der Waals surface area (Å²) in [5, 5.41) is 3.38. The van der Waals surface area contributed by atoms with Crippen LogP contribution in [0.4, 0.5) is 0 Å². The molecule has 0 bridgehead atoms. The van der Waals surface area contributed by atoms with Gasteiger partial charge in [-0.15, -0.1) is 0 Å². The molecule has 0 aliphatic carbocycles. The number of hydrogen-bond donors (Lipinski definition) is 1. The Bertz CT molecular complexity index is 540. The molecule has 0 aromatic heterocycles. The summed E-state index contributed by atoms with van der Waals surface area (Å²) in [5.41, 5.74) is 0.798. The summed E-state index contributed by atoms with van der Waals surface area (Å²) in [7, 11) is 0. The van der Waals surface area contributed by atoms with Crippen LogP contribution in [0.1, 0.15) is 26.3 Å². The van der Waals surface area contributed by atoms with E-state index in [9.17, 15) is 4.79 Å². The van der Waals surface area contributed by atoms with Crippen molar-refractivity contribution in [3.63, 3.8) is 0 Å². The Hall–Kier alpha value is -1.68. The van der Waals surface area contributed by atoms with Crippen molar-refractivity contribution in [2.75, 3.05) is 6.79 Å². The number of ether oxygens (including phenoxy) is 2. The Labute approximate surface area is 123 Å². The first kappa shape index (κ1) is 14.7. The van der Waals surface area contributed by atoms with E-state index in [0.717, 1.165) is 5.56 Å². The van der Waals surface area contributed by atoms with Crippen LogP contribution >= 0.6 is 11.6 Å². The number of amides is 1. The van der Waals surface area contributed by atoms with Gasteiger partial charge in [0.15, 0.2) is 11.5 Å². The number of nitrogens with one attached hydrogen (secondary N) is 1. The molecular formula is C15H18ClNO3. The van der Waals surface area contributed by atoms with E-state index in [4.69, 9.17) is 21.1 Å². The monoisotopic (exact) mass is 295 g/mol. The molecule has 0 saturated carbocycles. The molecule has 1 heterocycles. The second-order valence-electron chi connectivity index (χ2n) is 5.11. The maximum absolute atomic E-state index is 11.8. The molecule has 2 rings (SSSR count). The molecule has 1 atom stereocenters. The van der Waals surface area contributed by atoms with Crippen LogP contribution in [0.15, 0.2) is 18.2 Å². The molecule has 1 N–H and O–H groups in total. The van der Waals surface area contributed by atoms with E-state index in [-0.39, 0.29) is 18.7 Å². The van der Waals surface area contributed by atoms with Gasteiger partial charge in [-0.3, -0.25) is 4.79 Å². The molecule has 20 heavy (non-hydrogen) atoms. The minimum Gasteiger partial charge on any atom is -0.454 e. The molecular weight excluding hydrogens is 278 g/mol. The SMILES string of the molecule is CC(C)C(C)NC(=O)/C=C/c1cc(Cl)c2c(c1)OCO2. The molecule has 1 aliphatic heterocycles. The molecule has 5 heteroatoms. The van der Waals surface area contributed by atoms with E-state index in [1.54, 1.807) is 18.2 Å². The highest BCUT2D eigenvalue weighted by Gasteiger charge is 2.17. The summed E-state index contributed by atoms with van der Waals surface area (Å²) in [6, 6.07) is 3.67. The van der Waals surface area contributed by atoms with Gasteiger partial charge in [0.1, 0.15) is 0 Å². The van der Waals surface area contributed by atoms with E-state index in [1.165, 1.54) is 6.08 Å². The highest BCUT2D eigenvalue weighted by atomic mass is 35.5. The van der Waals surface area contributed by atoms with Crippen LogP contribution in [-0.4, -0.2) is 18.7 Å². The number of fused-ring (bicyclic) bond motifs is 1. The maximum atomic E-state index is 11.8. The summed E-state index contributed by atoms with van der Waals surface area (Å²) < 4.78 is 10.5. The molecule has 0 spiro atoms. The maximum Gasteiger partial charge on any atom is 0.244 e. The van der Waals surface area contributed by atoms with Crippen molar-refractivity contribution in [2.24, 2.45) is 5.92 Å². The van der Waals surface area contributed by atoms with Crippen LogP contribution in [0.5, 0.6) is 11.5 Å². The molecule has 4 nitrogen and oxygen atoms in total. The summed E-state index contributed by atoms with van der Waals surface area (Å²) in [6.45, 7) is 6.28. The Morgan fingerprint density at radius 1 is 1.35 bits per heavy atom. The van der Waals surface area contributed by atoms with Gasteiger partial charge in [0.2, 0.25) is 12.7 Å². The molecule has 1 aliphatic rings. The van der Waals surface area contributed by atoms with Crippen LogP contribution in [0.2, 0.25) is 5.02 Å². The Balaban J connectivity index is 2.05. The smallest absolute Gasteiger partial charge is 0.244 e. The minimum atomic E-state index is -0.125. The molecule has 1 aromatic rings. The zero-order valence-electron chi connectivity index (χ0n) is 11.8. The van der Waals surface area contributed by atoms with Crippen molar-refractivity contribution in [3.8, 4) is 11.5 Å². The third kappa shape index (κ3) is 3.45. The van der Waals surface area contributed by atoms with Crippen molar-refractivity contribution in [3.05, 3.63) is 28.8 Å². The van der Waals surface area contributed by atoms with Gasteiger partial charge in [-0.2, -0.15) is 0 Å². The first-order chi connectivity index (χ1) is 9.47. The number of carbonyl (C=O) groups is 1. The lowest BCUT2D eigenvalue weighted by Crippen LogP contribution is -2.34. The van der Waals surface area contributed by atoms with Crippen LogP contribution in [0.3, 0.4) is 0 Å². The van der Waals surface area contributed by atoms with E-state index in [2.05, 4.69) is 19.2 Å². The summed E-state index contributed by atoms with van der Waals surface area (Å²) >= 11 is 6.08. The molecule has 108 valence electrons. The van der Waals surface area contributed by atoms with Crippen LogP contribution < -0.4 is 14.8 Å². The highest BCUT2D eigenvalue weighted by molar-refractivity contribution is 6.32. The first-order valence-electron chi connectivity index (χ1n) is 6.55. The zero-order valence-corrected chi connectivity index (χ0v) is 12.5. The molecule has 1 aromatic carbocycles. The number of carbonyl (C=O) groups excluding carboxylic acids is 1. The highest BCUT2D eigenvalue weighted by Crippen LogP contribution is 2.39. The van der Waals surface area contributed by atoms with Crippen molar-refractivity contribution in [1.29, 1.82) is 0 Å². The van der Waals surface area contributed by atoms with E-state index in [0.29, 0.717) is 22.4 Å². The van der Waals surface area contributed by atoms with Crippen molar-refractivity contribution >= 4 is 23.6 Å². The quantitative estimate of drug-likeness (QED) is 0.868. The summed E-state index contributed by atoms with van der Waals surface area (Å²) in [4.78, 5) is 11.8. The van der Waals surface area contributed by atoms with Crippen molar-refractivity contribution in [1.82, 2.24) is 5.32 Å². The Morgan fingerprint density at radius 3 is 2.80 bits per heavy atom. The molecule has 0 radical (unpaired) electrons. The van der Waals surface area contributed by atoms with E-state index < -0.39 is 0 Å². The van der Waals surface area contributed by atoms with Gasteiger partial charge in [0.25, 0.3) is 0 Å². The van der Waals surface area contributed by atoms with Gasteiger partial charge in [0.05, 0.1) is 5.02 Å². The van der Waals surface area contributed by atoms with Gasteiger partial charge in [-0.05, 0) is 36.6 Å². The van der Waals surface area contributed by atoms with Crippen LogP contribution in [-0.2, 0) is 4.79 Å². The Kier molecular flexibility index (Phi) is 4.55. The lowest BCUT2D eigenvalue weighted by Gasteiger charge is -2.15.